The number of hydrogen-bond acceptors (Lipinski definition) is 2. The smallest absolute Gasteiger partial charge is 0.151 e. The van der Waals surface area contributed by atoms with Crippen molar-refractivity contribution in [3.8, 4) is 28.9 Å². The third-order valence-corrected chi connectivity index (χ3v) is 4.46. The Balaban J connectivity index is 1.91. The molecule has 0 saturated carbocycles. The summed E-state index contributed by atoms with van der Waals surface area (Å²) in [5, 5.41) is 11.9. The van der Waals surface area contributed by atoms with E-state index in [1.54, 1.807) is 42.5 Å². The van der Waals surface area contributed by atoms with E-state index in [1.807, 2.05) is 24.3 Å². The highest BCUT2D eigenvalue weighted by molar-refractivity contribution is 6.30. The number of benzene rings is 3. The van der Waals surface area contributed by atoms with Gasteiger partial charge in [-0.3, -0.25) is 0 Å². The molecule has 0 bridgehead atoms. The van der Waals surface area contributed by atoms with E-state index in [0.717, 1.165) is 16.5 Å². The number of hydrogen-bond donors (Lipinski definition) is 1. The maximum atomic E-state index is 9.86. The van der Waals surface area contributed by atoms with E-state index in [2.05, 4.69) is 11.8 Å². The Hall–Kier alpha value is -2.86. The monoisotopic (exact) mass is 378 g/mol. The van der Waals surface area contributed by atoms with E-state index in [1.165, 1.54) is 0 Å². The zero-order valence-electron chi connectivity index (χ0n) is 13.5. The molecule has 1 heterocycles. The molecule has 0 amide bonds. The summed E-state index contributed by atoms with van der Waals surface area (Å²) >= 11 is 11.9. The molecule has 0 aliphatic heterocycles. The van der Waals surface area contributed by atoms with Gasteiger partial charge in [-0.15, -0.1) is 0 Å². The lowest BCUT2D eigenvalue weighted by Gasteiger charge is -1.98. The topological polar surface area (TPSA) is 33.4 Å². The van der Waals surface area contributed by atoms with E-state index >= 15 is 0 Å². The first-order valence-electron chi connectivity index (χ1n) is 7.89. The first kappa shape index (κ1) is 16.6. The third-order valence-electron chi connectivity index (χ3n) is 3.95. The van der Waals surface area contributed by atoms with Crippen molar-refractivity contribution >= 4 is 34.2 Å². The standard InChI is InChI=1S/C22H12Cl2O2/c23-16-6-1-14(2-7-16)3-11-19-20-13-18(25)10-12-21(20)26-22(19)15-4-8-17(24)9-5-15/h1-2,4-10,12-13,25H. The maximum Gasteiger partial charge on any atom is 0.151 e. The summed E-state index contributed by atoms with van der Waals surface area (Å²) in [5.74, 6) is 7.12. The van der Waals surface area contributed by atoms with E-state index in [9.17, 15) is 5.11 Å². The molecule has 126 valence electrons. The summed E-state index contributed by atoms with van der Waals surface area (Å²) in [5.41, 5.74) is 3.08. The molecule has 0 fully saturated rings. The second kappa shape index (κ2) is 6.80. The molecule has 0 aliphatic rings. The van der Waals surface area contributed by atoms with Crippen LogP contribution in [0.4, 0.5) is 0 Å². The zero-order chi connectivity index (χ0) is 18.1. The minimum atomic E-state index is 0.162. The van der Waals surface area contributed by atoms with Crippen LogP contribution in [0, 0.1) is 11.8 Å². The molecule has 3 aromatic carbocycles. The van der Waals surface area contributed by atoms with Crippen molar-refractivity contribution in [2.24, 2.45) is 0 Å². The fourth-order valence-electron chi connectivity index (χ4n) is 2.68. The van der Waals surface area contributed by atoms with Gasteiger partial charge >= 0.3 is 0 Å². The van der Waals surface area contributed by atoms with E-state index < -0.39 is 0 Å². The lowest BCUT2D eigenvalue weighted by Crippen LogP contribution is -1.80. The highest BCUT2D eigenvalue weighted by Gasteiger charge is 2.15. The summed E-state index contributed by atoms with van der Waals surface area (Å²) in [6.45, 7) is 0. The molecule has 0 atom stereocenters. The van der Waals surface area contributed by atoms with Gasteiger partial charge in [-0.1, -0.05) is 35.0 Å². The zero-order valence-corrected chi connectivity index (χ0v) is 15.0. The quantitative estimate of drug-likeness (QED) is 0.383. The van der Waals surface area contributed by atoms with Gasteiger partial charge in [0.1, 0.15) is 11.3 Å². The lowest BCUT2D eigenvalue weighted by atomic mass is 10.1. The summed E-state index contributed by atoms with van der Waals surface area (Å²) in [7, 11) is 0. The average molecular weight is 379 g/mol. The number of fused-ring (bicyclic) bond motifs is 1. The number of halogens is 2. The fourth-order valence-corrected chi connectivity index (χ4v) is 2.93. The highest BCUT2D eigenvalue weighted by atomic mass is 35.5. The van der Waals surface area contributed by atoms with Gasteiger partial charge in [-0.25, -0.2) is 0 Å². The van der Waals surface area contributed by atoms with Gasteiger partial charge in [0.25, 0.3) is 0 Å². The highest BCUT2D eigenvalue weighted by Crippen LogP contribution is 2.35. The van der Waals surface area contributed by atoms with Crippen molar-refractivity contribution in [3.63, 3.8) is 0 Å². The molecule has 4 rings (SSSR count). The summed E-state index contributed by atoms with van der Waals surface area (Å²) in [6, 6.07) is 19.7. The van der Waals surface area contributed by atoms with Crippen LogP contribution in [0.3, 0.4) is 0 Å². The molecule has 2 nitrogen and oxygen atoms in total. The van der Waals surface area contributed by atoms with E-state index in [4.69, 9.17) is 27.6 Å². The number of rotatable bonds is 1. The van der Waals surface area contributed by atoms with Gasteiger partial charge in [-0.2, -0.15) is 0 Å². The molecule has 0 aliphatic carbocycles. The molecule has 26 heavy (non-hydrogen) atoms. The van der Waals surface area contributed by atoms with Crippen molar-refractivity contribution in [1.82, 2.24) is 0 Å². The van der Waals surface area contributed by atoms with Crippen LogP contribution in [0.1, 0.15) is 11.1 Å². The maximum absolute atomic E-state index is 9.86. The largest absolute Gasteiger partial charge is 0.508 e. The molecule has 0 unspecified atom stereocenters. The van der Waals surface area contributed by atoms with Crippen LogP contribution in [0.2, 0.25) is 10.0 Å². The van der Waals surface area contributed by atoms with Crippen LogP contribution in [-0.2, 0) is 0 Å². The second-order valence-electron chi connectivity index (χ2n) is 5.75. The molecular formula is C22H12Cl2O2. The number of furan rings is 1. The first-order valence-corrected chi connectivity index (χ1v) is 8.65. The van der Waals surface area contributed by atoms with Crippen LogP contribution in [0.5, 0.6) is 5.75 Å². The summed E-state index contributed by atoms with van der Waals surface area (Å²) in [6.07, 6.45) is 0. The Morgan fingerprint density at radius 1 is 0.769 bits per heavy atom. The van der Waals surface area contributed by atoms with Gasteiger partial charge in [0.15, 0.2) is 5.76 Å². The molecule has 0 saturated heterocycles. The van der Waals surface area contributed by atoms with Crippen LogP contribution in [0.15, 0.2) is 71.1 Å². The minimum absolute atomic E-state index is 0.162. The third kappa shape index (κ3) is 3.28. The van der Waals surface area contributed by atoms with Gasteiger partial charge in [-0.05, 0) is 66.7 Å². The van der Waals surface area contributed by atoms with Crippen LogP contribution < -0.4 is 0 Å². The lowest BCUT2D eigenvalue weighted by molar-refractivity contribution is 0.476. The Labute approximate surface area is 160 Å². The SMILES string of the molecule is Oc1ccc2oc(-c3ccc(Cl)cc3)c(C#Cc3ccc(Cl)cc3)c2c1. The van der Waals surface area contributed by atoms with Crippen molar-refractivity contribution in [3.05, 3.63) is 87.9 Å². The normalized spacial score (nSPS) is 10.5. The number of phenolic OH excluding ortho intramolecular Hbond substituents is 1. The van der Waals surface area contributed by atoms with Crippen LogP contribution in [0.25, 0.3) is 22.3 Å². The minimum Gasteiger partial charge on any atom is -0.508 e. The van der Waals surface area contributed by atoms with Gasteiger partial charge in [0, 0.05) is 26.6 Å². The molecular weight excluding hydrogens is 367 g/mol. The van der Waals surface area contributed by atoms with E-state index in [0.29, 0.717) is 27.0 Å². The first-order chi connectivity index (χ1) is 12.6. The fraction of sp³-hybridized carbons (Fsp3) is 0. The van der Waals surface area contributed by atoms with Gasteiger partial charge in [0.05, 0.1) is 5.56 Å². The van der Waals surface area contributed by atoms with E-state index in [-0.39, 0.29) is 5.75 Å². The Morgan fingerprint density at radius 3 is 2.12 bits per heavy atom. The van der Waals surface area contributed by atoms with Crippen molar-refractivity contribution in [1.29, 1.82) is 0 Å². The molecule has 0 radical (unpaired) electrons. The Bertz CT molecular complexity index is 1150. The number of phenols is 1. The van der Waals surface area contributed by atoms with Crippen LogP contribution >= 0.6 is 23.2 Å². The predicted octanol–water partition coefficient (Wildman–Crippen LogP) is 6.51. The Kier molecular flexibility index (Phi) is 4.34. The second-order valence-corrected chi connectivity index (χ2v) is 6.62. The molecule has 1 aromatic heterocycles. The van der Waals surface area contributed by atoms with Crippen LogP contribution in [-0.4, -0.2) is 5.11 Å². The molecule has 0 spiro atoms. The number of aromatic hydroxyl groups is 1. The van der Waals surface area contributed by atoms with Gasteiger partial charge in [0.2, 0.25) is 0 Å². The predicted molar refractivity (Wildman–Crippen MR) is 106 cm³/mol. The summed E-state index contributed by atoms with van der Waals surface area (Å²) in [4.78, 5) is 0. The summed E-state index contributed by atoms with van der Waals surface area (Å²) < 4.78 is 6.01. The van der Waals surface area contributed by atoms with Crippen molar-refractivity contribution < 1.29 is 9.52 Å². The van der Waals surface area contributed by atoms with Crippen molar-refractivity contribution in [2.45, 2.75) is 0 Å². The molecule has 4 heteroatoms. The average Bonchev–Trinajstić information content (AvgIpc) is 2.99. The molecule has 4 aromatic rings. The Morgan fingerprint density at radius 2 is 1.42 bits per heavy atom. The van der Waals surface area contributed by atoms with Gasteiger partial charge < -0.3 is 9.52 Å². The molecule has 1 N–H and O–H groups in total. The van der Waals surface area contributed by atoms with Crippen molar-refractivity contribution in [2.75, 3.05) is 0 Å².